The third-order valence-corrected chi connectivity index (χ3v) is 1.55. The van der Waals surface area contributed by atoms with E-state index in [1.165, 1.54) is 0 Å². The van der Waals surface area contributed by atoms with Crippen molar-refractivity contribution in [2.24, 2.45) is 5.73 Å². The molecule has 0 heterocycles. The molecule has 1 aromatic rings. The smallest absolute Gasteiger partial charge is 0.241 e. The Kier molecular flexibility index (Phi) is 2.81. The topological polar surface area (TPSA) is 69.1 Å². The first-order valence-electron chi connectivity index (χ1n) is 3.72. The predicted molar refractivity (Wildman–Crippen MR) is 49.0 cm³/mol. The standard InChI is InChI=1S/C9H8F2N2O/c10-6-3-5(1-2-8(12)14)9(13)7(11)4-6/h1-4H,13H2,(H2,12,14). The molecule has 0 saturated heterocycles. The quantitative estimate of drug-likeness (QED) is 0.550. The maximum absolute atomic E-state index is 12.8. The van der Waals surface area contributed by atoms with Gasteiger partial charge in [0.05, 0.1) is 5.69 Å². The fourth-order valence-electron chi connectivity index (χ4n) is 0.914. The van der Waals surface area contributed by atoms with E-state index in [0.29, 0.717) is 6.07 Å². The van der Waals surface area contributed by atoms with Gasteiger partial charge in [-0.2, -0.15) is 0 Å². The summed E-state index contributed by atoms with van der Waals surface area (Å²) in [6.07, 6.45) is 2.13. The lowest BCUT2D eigenvalue weighted by molar-refractivity contribution is -0.113. The van der Waals surface area contributed by atoms with Crippen LogP contribution in [0, 0.1) is 11.6 Å². The summed E-state index contributed by atoms with van der Waals surface area (Å²) >= 11 is 0. The highest BCUT2D eigenvalue weighted by Gasteiger charge is 2.05. The maximum atomic E-state index is 12.8. The molecule has 1 rings (SSSR count). The molecule has 14 heavy (non-hydrogen) atoms. The fourth-order valence-corrected chi connectivity index (χ4v) is 0.914. The monoisotopic (exact) mass is 198 g/mol. The molecule has 0 unspecified atom stereocenters. The molecule has 0 radical (unpaired) electrons. The van der Waals surface area contributed by atoms with Crippen LogP contribution in [0.3, 0.4) is 0 Å². The van der Waals surface area contributed by atoms with Gasteiger partial charge in [-0.15, -0.1) is 0 Å². The van der Waals surface area contributed by atoms with Crippen molar-refractivity contribution in [2.45, 2.75) is 0 Å². The Hall–Kier alpha value is -1.91. The zero-order valence-electron chi connectivity index (χ0n) is 7.13. The number of primary amides is 1. The molecule has 0 aliphatic carbocycles. The van der Waals surface area contributed by atoms with Crippen LogP contribution in [0.15, 0.2) is 18.2 Å². The minimum atomic E-state index is -0.867. The van der Waals surface area contributed by atoms with Gasteiger partial charge in [0.15, 0.2) is 0 Å². The van der Waals surface area contributed by atoms with Gasteiger partial charge in [-0.05, 0) is 12.1 Å². The minimum Gasteiger partial charge on any atom is -0.396 e. The van der Waals surface area contributed by atoms with Crippen molar-refractivity contribution in [3.63, 3.8) is 0 Å². The van der Waals surface area contributed by atoms with Crippen molar-refractivity contribution >= 4 is 17.7 Å². The summed E-state index contributed by atoms with van der Waals surface area (Å²) in [6.45, 7) is 0. The van der Waals surface area contributed by atoms with E-state index in [9.17, 15) is 13.6 Å². The van der Waals surface area contributed by atoms with Crippen LogP contribution < -0.4 is 11.5 Å². The van der Waals surface area contributed by atoms with Gasteiger partial charge in [-0.25, -0.2) is 8.78 Å². The number of nitrogen functional groups attached to an aromatic ring is 1. The van der Waals surface area contributed by atoms with E-state index in [4.69, 9.17) is 11.5 Å². The van der Waals surface area contributed by atoms with Crippen molar-refractivity contribution < 1.29 is 13.6 Å². The van der Waals surface area contributed by atoms with Gasteiger partial charge in [0, 0.05) is 17.7 Å². The summed E-state index contributed by atoms with van der Waals surface area (Å²) in [7, 11) is 0. The number of nitrogens with two attached hydrogens (primary N) is 2. The number of hydrogen-bond acceptors (Lipinski definition) is 2. The molecule has 5 heteroatoms. The second-order valence-corrected chi connectivity index (χ2v) is 2.63. The summed E-state index contributed by atoms with van der Waals surface area (Å²) in [5.41, 5.74) is 9.97. The van der Waals surface area contributed by atoms with Crippen LogP contribution in [-0.4, -0.2) is 5.91 Å². The lowest BCUT2D eigenvalue weighted by Gasteiger charge is -2.01. The van der Waals surface area contributed by atoms with E-state index >= 15 is 0 Å². The molecule has 74 valence electrons. The first-order chi connectivity index (χ1) is 6.50. The van der Waals surface area contributed by atoms with E-state index < -0.39 is 17.5 Å². The largest absolute Gasteiger partial charge is 0.396 e. The second kappa shape index (κ2) is 3.87. The first kappa shape index (κ1) is 10.2. The summed E-state index contributed by atoms with van der Waals surface area (Å²) in [6, 6.07) is 1.68. The molecule has 1 amide bonds. The Bertz CT molecular complexity index is 402. The molecular formula is C9H8F2N2O. The highest BCUT2D eigenvalue weighted by Crippen LogP contribution is 2.19. The Morgan fingerprint density at radius 3 is 2.57 bits per heavy atom. The highest BCUT2D eigenvalue weighted by atomic mass is 19.1. The molecule has 0 aromatic heterocycles. The Morgan fingerprint density at radius 1 is 1.36 bits per heavy atom. The van der Waals surface area contributed by atoms with Crippen molar-refractivity contribution in [2.75, 3.05) is 5.73 Å². The molecule has 3 nitrogen and oxygen atoms in total. The number of carbonyl (C=O) groups is 1. The van der Waals surface area contributed by atoms with Gasteiger partial charge in [-0.3, -0.25) is 4.79 Å². The average molecular weight is 198 g/mol. The van der Waals surface area contributed by atoms with Gasteiger partial charge < -0.3 is 11.5 Å². The Balaban J connectivity index is 3.14. The molecule has 0 aliphatic heterocycles. The van der Waals surface area contributed by atoms with Crippen molar-refractivity contribution in [1.82, 2.24) is 0 Å². The van der Waals surface area contributed by atoms with Crippen LogP contribution in [-0.2, 0) is 4.79 Å². The third-order valence-electron chi connectivity index (χ3n) is 1.55. The van der Waals surface area contributed by atoms with E-state index in [-0.39, 0.29) is 11.3 Å². The molecule has 0 saturated carbocycles. The second-order valence-electron chi connectivity index (χ2n) is 2.63. The molecule has 0 fully saturated rings. The van der Waals surface area contributed by atoms with Gasteiger partial charge in [-0.1, -0.05) is 0 Å². The van der Waals surface area contributed by atoms with E-state index in [1.807, 2.05) is 0 Å². The molecule has 0 bridgehead atoms. The number of amides is 1. The van der Waals surface area contributed by atoms with Crippen LogP contribution >= 0.6 is 0 Å². The van der Waals surface area contributed by atoms with Gasteiger partial charge >= 0.3 is 0 Å². The predicted octanol–water partition coefficient (Wildman–Crippen LogP) is 1.05. The van der Waals surface area contributed by atoms with Gasteiger partial charge in [0.2, 0.25) is 5.91 Å². The molecule has 1 aromatic carbocycles. The average Bonchev–Trinajstić information content (AvgIpc) is 2.08. The van der Waals surface area contributed by atoms with Gasteiger partial charge in [0.25, 0.3) is 0 Å². The zero-order chi connectivity index (χ0) is 10.7. The number of rotatable bonds is 2. The zero-order valence-corrected chi connectivity index (χ0v) is 7.13. The Labute approximate surface area is 79.0 Å². The summed E-state index contributed by atoms with van der Waals surface area (Å²) in [5.74, 6) is -2.34. The van der Waals surface area contributed by atoms with E-state index in [0.717, 1.165) is 18.2 Å². The molecule has 0 atom stereocenters. The molecule has 0 aliphatic rings. The lowest BCUT2D eigenvalue weighted by Crippen LogP contribution is -2.05. The molecule has 4 N–H and O–H groups in total. The number of anilines is 1. The summed E-state index contributed by atoms with van der Waals surface area (Å²) < 4.78 is 25.5. The van der Waals surface area contributed by atoms with Crippen LogP contribution in [0.1, 0.15) is 5.56 Å². The van der Waals surface area contributed by atoms with Crippen LogP contribution in [0.4, 0.5) is 14.5 Å². The SMILES string of the molecule is NC(=O)C=Cc1cc(F)cc(F)c1N. The fraction of sp³-hybridized carbons (Fsp3) is 0. The molecule has 0 spiro atoms. The van der Waals surface area contributed by atoms with Crippen LogP contribution in [0.2, 0.25) is 0 Å². The third kappa shape index (κ3) is 2.29. The minimum absolute atomic E-state index is 0.0845. The van der Waals surface area contributed by atoms with Crippen molar-refractivity contribution in [3.8, 4) is 0 Å². The van der Waals surface area contributed by atoms with Crippen LogP contribution in [0.5, 0.6) is 0 Å². The highest BCUT2D eigenvalue weighted by molar-refractivity contribution is 5.91. The molecular weight excluding hydrogens is 190 g/mol. The van der Waals surface area contributed by atoms with E-state index in [2.05, 4.69) is 0 Å². The van der Waals surface area contributed by atoms with Crippen LogP contribution in [0.25, 0.3) is 6.08 Å². The normalized spacial score (nSPS) is 10.7. The lowest BCUT2D eigenvalue weighted by atomic mass is 10.1. The number of hydrogen-bond donors (Lipinski definition) is 2. The van der Waals surface area contributed by atoms with Crippen molar-refractivity contribution in [1.29, 1.82) is 0 Å². The van der Waals surface area contributed by atoms with Gasteiger partial charge in [0.1, 0.15) is 11.6 Å². The van der Waals surface area contributed by atoms with Crippen molar-refractivity contribution in [3.05, 3.63) is 35.4 Å². The summed E-state index contributed by atoms with van der Waals surface area (Å²) in [5, 5.41) is 0. The number of benzene rings is 1. The number of halogens is 2. The number of carbonyl (C=O) groups excluding carboxylic acids is 1. The Morgan fingerprint density at radius 2 is 2.00 bits per heavy atom. The van der Waals surface area contributed by atoms with E-state index in [1.54, 1.807) is 0 Å². The first-order valence-corrected chi connectivity index (χ1v) is 3.72. The maximum Gasteiger partial charge on any atom is 0.241 e. The summed E-state index contributed by atoms with van der Waals surface area (Å²) in [4.78, 5) is 10.4.